The molecule has 1 N–H and O–H groups in total. The van der Waals surface area contributed by atoms with E-state index in [-0.39, 0.29) is 0 Å². The first-order valence-corrected chi connectivity index (χ1v) is 6.17. The topological polar surface area (TPSA) is 28.2 Å². The molecule has 16 heavy (non-hydrogen) atoms. The van der Waals surface area contributed by atoms with Crippen LogP contribution in [-0.2, 0) is 6.54 Å². The number of hydrogen-bond donors (Lipinski definition) is 1. The molecule has 1 fully saturated rings. The predicted octanol–water partition coefficient (Wildman–Crippen LogP) is 2.10. The second-order valence-corrected chi connectivity index (χ2v) is 4.81. The second-order valence-electron chi connectivity index (χ2n) is 4.04. The lowest BCUT2D eigenvalue weighted by molar-refractivity contribution is 0.233. The van der Waals surface area contributed by atoms with Gasteiger partial charge in [0.2, 0.25) is 0 Å². The lowest BCUT2D eigenvalue weighted by atomic mass is 10.2. The molecule has 1 saturated heterocycles. The summed E-state index contributed by atoms with van der Waals surface area (Å²) in [5.41, 5.74) is 1.80. The molecule has 1 aliphatic rings. The molecule has 0 atom stereocenters. The normalized spacial score (nSPS) is 17.7. The number of nitrogens with one attached hydrogen (secondary N) is 1. The van der Waals surface area contributed by atoms with Crippen molar-refractivity contribution in [1.82, 2.24) is 15.2 Å². The maximum atomic E-state index is 6.19. The van der Waals surface area contributed by atoms with Crippen molar-refractivity contribution in [2.45, 2.75) is 13.5 Å². The van der Waals surface area contributed by atoms with E-state index in [1.807, 2.05) is 13.0 Å². The lowest BCUT2D eigenvalue weighted by Gasteiger charge is -2.27. The van der Waals surface area contributed by atoms with Crippen LogP contribution in [0.3, 0.4) is 0 Å². The Balaban J connectivity index is 2.14. The van der Waals surface area contributed by atoms with Gasteiger partial charge in [-0.25, -0.2) is 4.98 Å². The number of aryl methyl sites for hydroxylation is 1. The van der Waals surface area contributed by atoms with Crippen LogP contribution in [0.5, 0.6) is 0 Å². The Kier molecular flexibility index (Phi) is 4.03. The molecule has 1 aliphatic heterocycles. The molecule has 0 spiro atoms. The molecular weight excluding hydrogens is 245 g/mol. The van der Waals surface area contributed by atoms with Crippen LogP contribution in [0, 0.1) is 6.92 Å². The number of aromatic nitrogens is 1. The fourth-order valence-corrected chi connectivity index (χ4v) is 2.51. The maximum absolute atomic E-state index is 6.19. The van der Waals surface area contributed by atoms with Gasteiger partial charge in [0.1, 0.15) is 5.15 Å². The number of pyridine rings is 1. The first-order valence-electron chi connectivity index (χ1n) is 5.41. The molecule has 5 heteroatoms. The predicted molar refractivity (Wildman–Crippen MR) is 67.1 cm³/mol. The van der Waals surface area contributed by atoms with Gasteiger partial charge in [0.25, 0.3) is 0 Å². The molecule has 0 radical (unpaired) electrons. The van der Waals surface area contributed by atoms with E-state index in [2.05, 4.69) is 15.2 Å². The van der Waals surface area contributed by atoms with Crippen molar-refractivity contribution in [3.8, 4) is 0 Å². The highest BCUT2D eigenvalue weighted by atomic mass is 35.5. The first-order chi connectivity index (χ1) is 7.66. The largest absolute Gasteiger partial charge is 0.314 e. The van der Waals surface area contributed by atoms with Crippen molar-refractivity contribution in [2.75, 3.05) is 26.2 Å². The molecule has 2 rings (SSSR count). The third-order valence-corrected chi connectivity index (χ3v) is 3.39. The van der Waals surface area contributed by atoms with E-state index in [1.165, 1.54) is 0 Å². The summed E-state index contributed by atoms with van der Waals surface area (Å²) in [5, 5.41) is 4.57. The summed E-state index contributed by atoms with van der Waals surface area (Å²) in [4.78, 5) is 6.57. The summed E-state index contributed by atoms with van der Waals surface area (Å²) in [5.74, 6) is 0. The van der Waals surface area contributed by atoms with Gasteiger partial charge in [-0.15, -0.1) is 0 Å². The number of halogens is 2. The van der Waals surface area contributed by atoms with E-state index < -0.39 is 0 Å². The average molecular weight is 260 g/mol. The van der Waals surface area contributed by atoms with Crippen LogP contribution in [0.2, 0.25) is 10.2 Å². The van der Waals surface area contributed by atoms with E-state index >= 15 is 0 Å². The van der Waals surface area contributed by atoms with Gasteiger partial charge in [-0.05, 0) is 13.0 Å². The Bertz CT molecular complexity index is 352. The summed E-state index contributed by atoms with van der Waals surface area (Å²) >= 11 is 12.3. The van der Waals surface area contributed by atoms with Crippen LogP contribution >= 0.6 is 23.2 Å². The Morgan fingerprint density at radius 2 is 2.06 bits per heavy atom. The summed E-state index contributed by atoms with van der Waals surface area (Å²) in [6, 6.07) is 1.87. The molecule has 1 aromatic rings. The van der Waals surface area contributed by atoms with Crippen LogP contribution < -0.4 is 5.32 Å². The molecule has 0 saturated carbocycles. The van der Waals surface area contributed by atoms with Gasteiger partial charge >= 0.3 is 0 Å². The highest BCUT2D eigenvalue weighted by Crippen LogP contribution is 2.25. The zero-order valence-electron chi connectivity index (χ0n) is 9.26. The molecule has 2 heterocycles. The lowest BCUT2D eigenvalue weighted by Crippen LogP contribution is -2.43. The van der Waals surface area contributed by atoms with E-state index in [9.17, 15) is 0 Å². The molecule has 1 aromatic heterocycles. The fourth-order valence-electron chi connectivity index (χ4n) is 1.86. The molecule has 88 valence electrons. The highest BCUT2D eigenvalue weighted by Gasteiger charge is 2.15. The van der Waals surface area contributed by atoms with Crippen LogP contribution in [-0.4, -0.2) is 36.1 Å². The van der Waals surface area contributed by atoms with Crippen molar-refractivity contribution in [1.29, 1.82) is 0 Å². The molecule has 3 nitrogen and oxygen atoms in total. The third-order valence-electron chi connectivity index (χ3n) is 2.74. The van der Waals surface area contributed by atoms with Gasteiger partial charge in [0.05, 0.1) is 0 Å². The van der Waals surface area contributed by atoms with Crippen LogP contribution in [0.1, 0.15) is 11.3 Å². The maximum Gasteiger partial charge on any atom is 0.135 e. The van der Waals surface area contributed by atoms with Crippen molar-refractivity contribution in [3.63, 3.8) is 0 Å². The Labute approximate surface area is 106 Å². The molecular formula is C11H15Cl2N3. The smallest absolute Gasteiger partial charge is 0.135 e. The summed E-state index contributed by atoms with van der Waals surface area (Å²) in [7, 11) is 0. The monoisotopic (exact) mass is 259 g/mol. The molecule has 0 aliphatic carbocycles. The van der Waals surface area contributed by atoms with Crippen molar-refractivity contribution < 1.29 is 0 Å². The average Bonchev–Trinajstić information content (AvgIpc) is 2.25. The number of nitrogens with zero attached hydrogens (tertiary/aromatic N) is 2. The Hall–Kier alpha value is -0.350. The van der Waals surface area contributed by atoms with Crippen LogP contribution in [0.15, 0.2) is 6.07 Å². The quantitative estimate of drug-likeness (QED) is 0.825. The van der Waals surface area contributed by atoms with E-state index in [0.717, 1.165) is 49.0 Å². The number of piperazine rings is 1. The zero-order chi connectivity index (χ0) is 11.5. The number of rotatable bonds is 2. The Morgan fingerprint density at radius 3 is 2.69 bits per heavy atom. The summed E-state index contributed by atoms with van der Waals surface area (Å²) in [6.45, 7) is 6.78. The fraction of sp³-hybridized carbons (Fsp3) is 0.545. The minimum atomic E-state index is 0.531. The standard InChI is InChI=1S/C11H15Cl2N3/c1-8-6-10(12)9(11(13)15-8)7-16-4-2-14-3-5-16/h6,14H,2-5,7H2,1H3. The molecule has 0 aromatic carbocycles. The Morgan fingerprint density at radius 1 is 1.38 bits per heavy atom. The molecule has 0 unspecified atom stereocenters. The van der Waals surface area contributed by atoms with Gasteiger partial charge in [0, 0.05) is 49.0 Å². The SMILES string of the molecule is Cc1cc(Cl)c(CN2CCNCC2)c(Cl)n1. The van der Waals surface area contributed by atoms with Gasteiger partial charge < -0.3 is 5.32 Å². The van der Waals surface area contributed by atoms with Crippen molar-refractivity contribution in [3.05, 3.63) is 27.5 Å². The minimum Gasteiger partial charge on any atom is -0.314 e. The van der Waals surface area contributed by atoms with E-state index in [1.54, 1.807) is 0 Å². The van der Waals surface area contributed by atoms with Crippen LogP contribution in [0.25, 0.3) is 0 Å². The number of hydrogen-bond acceptors (Lipinski definition) is 3. The van der Waals surface area contributed by atoms with Crippen LogP contribution in [0.4, 0.5) is 0 Å². The van der Waals surface area contributed by atoms with Crippen molar-refractivity contribution >= 4 is 23.2 Å². The third kappa shape index (κ3) is 2.86. The first kappa shape index (κ1) is 12.1. The zero-order valence-corrected chi connectivity index (χ0v) is 10.8. The molecule has 0 bridgehead atoms. The van der Waals surface area contributed by atoms with Gasteiger partial charge in [-0.3, -0.25) is 4.90 Å². The van der Waals surface area contributed by atoms with Gasteiger partial charge in [-0.1, -0.05) is 23.2 Å². The summed E-state index contributed by atoms with van der Waals surface area (Å²) < 4.78 is 0. The summed E-state index contributed by atoms with van der Waals surface area (Å²) in [6.07, 6.45) is 0. The highest BCUT2D eigenvalue weighted by molar-refractivity contribution is 6.35. The van der Waals surface area contributed by atoms with E-state index in [0.29, 0.717) is 5.15 Å². The van der Waals surface area contributed by atoms with Gasteiger partial charge in [-0.2, -0.15) is 0 Å². The van der Waals surface area contributed by atoms with Gasteiger partial charge in [0.15, 0.2) is 0 Å². The molecule has 0 amide bonds. The van der Waals surface area contributed by atoms with Crippen molar-refractivity contribution in [2.24, 2.45) is 0 Å². The van der Waals surface area contributed by atoms with E-state index in [4.69, 9.17) is 23.2 Å². The second kappa shape index (κ2) is 5.32. The minimum absolute atomic E-state index is 0.531.